The molecule has 27 heavy (non-hydrogen) atoms. The van der Waals surface area contributed by atoms with Gasteiger partial charge < -0.3 is 9.88 Å². The first-order valence-electron chi connectivity index (χ1n) is 8.80. The van der Waals surface area contributed by atoms with Crippen LogP contribution in [0.5, 0.6) is 0 Å². The lowest BCUT2D eigenvalue weighted by Crippen LogP contribution is -2.18. The quantitative estimate of drug-likeness (QED) is 0.577. The van der Waals surface area contributed by atoms with Gasteiger partial charge in [0.25, 0.3) is 5.91 Å². The lowest BCUT2D eigenvalue weighted by Gasteiger charge is -2.17. The Balaban J connectivity index is 2.07. The lowest BCUT2D eigenvalue weighted by molar-refractivity contribution is 0.101. The van der Waals surface area contributed by atoms with Crippen molar-refractivity contribution in [3.05, 3.63) is 51.0 Å². The predicted molar refractivity (Wildman–Crippen MR) is 113 cm³/mol. The molecule has 0 aliphatic heterocycles. The Labute approximate surface area is 168 Å². The first kappa shape index (κ1) is 19.5. The Morgan fingerprint density at radius 3 is 2.67 bits per heavy atom. The Hall–Kier alpha value is -2.29. The number of nitrogens with zero attached hydrogens (tertiary/aromatic N) is 2. The van der Waals surface area contributed by atoms with Crippen molar-refractivity contribution in [1.29, 1.82) is 5.26 Å². The highest BCUT2D eigenvalue weighted by Crippen LogP contribution is 2.36. The zero-order valence-corrected chi connectivity index (χ0v) is 17.7. The monoisotopic (exact) mass is 399 g/mol. The summed E-state index contributed by atoms with van der Waals surface area (Å²) in [4.78, 5) is 13.1. The molecule has 0 unspecified atom stereocenters. The molecule has 6 heteroatoms. The number of nitriles is 1. The Kier molecular flexibility index (Phi) is 5.07. The third-order valence-electron chi connectivity index (χ3n) is 4.75. The van der Waals surface area contributed by atoms with E-state index in [-0.39, 0.29) is 11.3 Å². The second kappa shape index (κ2) is 7.03. The number of anilines is 1. The van der Waals surface area contributed by atoms with E-state index in [1.807, 2.05) is 42.0 Å². The number of aryl methyl sites for hydroxylation is 2. The molecule has 2 aromatic heterocycles. The molecule has 1 N–H and O–H groups in total. The molecular weight excluding hydrogens is 378 g/mol. The number of rotatable bonds is 3. The number of halogens is 1. The van der Waals surface area contributed by atoms with Crippen LogP contribution in [0.15, 0.2) is 23.6 Å². The van der Waals surface area contributed by atoms with Crippen molar-refractivity contribution in [2.75, 3.05) is 5.32 Å². The normalized spacial score (nSPS) is 11.6. The van der Waals surface area contributed by atoms with Crippen molar-refractivity contribution in [1.82, 2.24) is 4.57 Å². The van der Waals surface area contributed by atoms with E-state index in [9.17, 15) is 10.1 Å². The minimum absolute atomic E-state index is 0.157. The summed E-state index contributed by atoms with van der Waals surface area (Å²) in [7, 11) is 0. The lowest BCUT2D eigenvalue weighted by atomic mass is 9.86. The summed E-state index contributed by atoms with van der Waals surface area (Å²) < 4.78 is 1.99. The van der Waals surface area contributed by atoms with Gasteiger partial charge in [-0.05, 0) is 54.0 Å². The second-order valence-corrected chi connectivity index (χ2v) is 8.86. The molecular formula is C21H22ClN3OS. The van der Waals surface area contributed by atoms with Gasteiger partial charge in [0.15, 0.2) is 0 Å². The Morgan fingerprint density at radius 2 is 2.07 bits per heavy atom. The van der Waals surface area contributed by atoms with Crippen LogP contribution in [0, 0.1) is 18.3 Å². The smallest absolute Gasteiger partial charge is 0.273 e. The van der Waals surface area contributed by atoms with Crippen LogP contribution in [0.2, 0.25) is 5.02 Å². The first-order valence-corrected chi connectivity index (χ1v) is 10.1. The molecule has 0 aliphatic carbocycles. The molecule has 3 aromatic rings. The molecule has 0 fully saturated rings. The van der Waals surface area contributed by atoms with E-state index in [1.165, 1.54) is 11.3 Å². The fraction of sp³-hybridized carbons (Fsp3) is 0.333. The minimum atomic E-state index is -0.208. The summed E-state index contributed by atoms with van der Waals surface area (Å²) >= 11 is 7.54. The molecule has 0 bridgehead atoms. The highest BCUT2D eigenvalue weighted by molar-refractivity contribution is 7.14. The Bertz CT molecular complexity index is 1080. The van der Waals surface area contributed by atoms with Crippen LogP contribution in [0.1, 0.15) is 54.9 Å². The van der Waals surface area contributed by atoms with Gasteiger partial charge in [-0.15, -0.1) is 11.3 Å². The molecule has 2 heterocycles. The number of hydrogen-bond donors (Lipinski definition) is 1. The van der Waals surface area contributed by atoms with E-state index < -0.39 is 0 Å². The van der Waals surface area contributed by atoms with Crippen molar-refractivity contribution < 1.29 is 4.79 Å². The molecule has 0 saturated heterocycles. The van der Waals surface area contributed by atoms with Crippen LogP contribution in [0.25, 0.3) is 10.9 Å². The number of fused-ring (bicyclic) bond motifs is 1. The second-order valence-electron chi connectivity index (χ2n) is 7.55. The highest BCUT2D eigenvalue weighted by atomic mass is 35.5. The van der Waals surface area contributed by atoms with Crippen LogP contribution in [0.4, 0.5) is 5.00 Å². The van der Waals surface area contributed by atoms with Gasteiger partial charge in [0.05, 0.1) is 5.56 Å². The summed E-state index contributed by atoms with van der Waals surface area (Å²) in [5.74, 6) is -0.208. The van der Waals surface area contributed by atoms with Gasteiger partial charge in [-0.25, -0.2) is 0 Å². The van der Waals surface area contributed by atoms with Gasteiger partial charge in [-0.1, -0.05) is 32.4 Å². The van der Waals surface area contributed by atoms with E-state index in [0.29, 0.717) is 27.8 Å². The van der Waals surface area contributed by atoms with E-state index in [4.69, 9.17) is 11.6 Å². The summed E-state index contributed by atoms with van der Waals surface area (Å²) in [6.07, 6.45) is 0. The van der Waals surface area contributed by atoms with Gasteiger partial charge in [0.2, 0.25) is 0 Å². The van der Waals surface area contributed by atoms with E-state index in [1.54, 1.807) is 0 Å². The number of amides is 1. The largest absolute Gasteiger partial charge is 0.337 e. The zero-order chi connectivity index (χ0) is 19.9. The zero-order valence-electron chi connectivity index (χ0n) is 16.1. The van der Waals surface area contributed by atoms with Crippen LogP contribution in [-0.2, 0) is 12.0 Å². The number of aromatic nitrogens is 1. The Morgan fingerprint density at radius 1 is 1.37 bits per heavy atom. The molecule has 0 radical (unpaired) electrons. The predicted octanol–water partition coefficient (Wildman–Crippen LogP) is 6.11. The topological polar surface area (TPSA) is 57.8 Å². The number of thiophene rings is 1. The average molecular weight is 400 g/mol. The third kappa shape index (κ3) is 3.36. The molecule has 0 atom stereocenters. The highest BCUT2D eigenvalue weighted by Gasteiger charge is 2.25. The van der Waals surface area contributed by atoms with Crippen molar-refractivity contribution in [3.8, 4) is 6.07 Å². The van der Waals surface area contributed by atoms with Crippen LogP contribution >= 0.6 is 22.9 Å². The number of benzene rings is 1. The standard InChI is InChI=1S/C21H22ClN3OS/c1-6-25-17-8-7-13(22)9-14(17)12(2)18(25)19(26)24-20-15(10-23)16(11-27-20)21(3,4)5/h7-9,11H,6H2,1-5H3,(H,24,26). The van der Waals surface area contributed by atoms with Crippen LogP contribution < -0.4 is 5.32 Å². The number of hydrogen-bond acceptors (Lipinski definition) is 3. The number of carbonyl (C=O) groups excluding carboxylic acids is 1. The molecule has 0 saturated carbocycles. The summed E-state index contributed by atoms with van der Waals surface area (Å²) in [6.45, 7) is 10.8. The van der Waals surface area contributed by atoms with Crippen molar-refractivity contribution >= 4 is 44.7 Å². The van der Waals surface area contributed by atoms with Crippen LogP contribution in [0.3, 0.4) is 0 Å². The maximum absolute atomic E-state index is 13.1. The average Bonchev–Trinajstić information content (AvgIpc) is 3.13. The first-order chi connectivity index (χ1) is 12.7. The third-order valence-corrected chi connectivity index (χ3v) is 5.88. The fourth-order valence-electron chi connectivity index (χ4n) is 3.39. The maximum Gasteiger partial charge on any atom is 0.273 e. The van der Waals surface area contributed by atoms with Gasteiger partial charge >= 0.3 is 0 Å². The molecule has 0 spiro atoms. The number of carbonyl (C=O) groups is 1. The van der Waals surface area contributed by atoms with Crippen molar-refractivity contribution in [3.63, 3.8) is 0 Å². The summed E-state index contributed by atoms with van der Waals surface area (Å²) in [5.41, 5.74) is 3.80. The van der Waals surface area contributed by atoms with E-state index in [2.05, 4.69) is 32.2 Å². The van der Waals surface area contributed by atoms with Gasteiger partial charge in [0, 0.05) is 22.5 Å². The van der Waals surface area contributed by atoms with E-state index in [0.717, 1.165) is 22.0 Å². The fourth-order valence-corrected chi connectivity index (χ4v) is 4.70. The summed E-state index contributed by atoms with van der Waals surface area (Å²) in [6, 6.07) is 7.92. The molecule has 0 aliphatic rings. The van der Waals surface area contributed by atoms with Gasteiger partial charge in [-0.3, -0.25) is 4.79 Å². The maximum atomic E-state index is 13.1. The van der Waals surface area contributed by atoms with Crippen molar-refractivity contribution in [2.24, 2.45) is 0 Å². The van der Waals surface area contributed by atoms with Gasteiger partial charge in [-0.2, -0.15) is 5.26 Å². The number of nitrogens with one attached hydrogen (secondary N) is 1. The molecule has 3 rings (SSSR count). The molecule has 4 nitrogen and oxygen atoms in total. The van der Waals surface area contributed by atoms with Crippen molar-refractivity contribution in [2.45, 2.75) is 46.6 Å². The van der Waals surface area contributed by atoms with Crippen LogP contribution in [-0.4, -0.2) is 10.5 Å². The SMILES string of the molecule is CCn1c(C(=O)Nc2scc(C(C)(C)C)c2C#N)c(C)c2cc(Cl)ccc21. The molecule has 1 amide bonds. The minimum Gasteiger partial charge on any atom is -0.337 e. The van der Waals surface area contributed by atoms with E-state index >= 15 is 0 Å². The molecule has 140 valence electrons. The summed E-state index contributed by atoms with van der Waals surface area (Å²) in [5, 5.41) is 16.7. The van der Waals surface area contributed by atoms with Gasteiger partial charge in [0.1, 0.15) is 16.8 Å². The molecule has 1 aromatic carbocycles.